The van der Waals surface area contributed by atoms with Crippen LogP contribution in [-0.2, 0) is 14.3 Å². The summed E-state index contributed by atoms with van der Waals surface area (Å²) in [7, 11) is 1.61. The molecule has 0 aromatic rings. The molecule has 1 aliphatic rings. The number of hydrogen-bond donors (Lipinski definition) is 0. The van der Waals surface area contributed by atoms with Gasteiger partial charge < -0.3 is 9.47 Å². The Morgan fingerprint density at radius 1 is 1.50 bits per heavy atom. The lowest BCUT2D eigenvalue weighted by molar-refractivity contribution is -0.151. The smallest absolute Gasteiger partial charge is 0.303 e. The fourth-order valence-electron chi connectivity index (χ4n) is 1.48. The highest BCUT2D eigenvalue weighted by Gasteiger charge is 2.37. The minimum absolute atomic E-state index is 0.0311. The van der Waals surface area contributed by atoms with Crippen LogP contribution in [0, 0.1) is 0 Å². The van der Waals surface area contributed by atoms with E-state index in [4.69, 9.17) is 21.1 Å². The lowest BCUT2D eigenvalue weighted by Gasteiger charge is -2.19. The van der Waals surface area contributed by atoms with Crippen LogP contribution in [0.5, 0.6) is 0 Å². The van der Waals surface area contributed by atoms with Crippen molar-refractivity contribution in [3.05, 3.63) is 0 Å². The molecule has 3 nitrogen and oxygen atoms in total. The van der Waals surface area contributed by atoms with Crippen molar-refractivity contribution in [2.45, 2.75) is 37.4 Å². The molecule has 0 spiro atoms. The van der Waals surface area contributed by atoms with Gasteiger partial charge in [0.05, 0.1) is 11.5 Å². The third kappa shape index (κ3) is 2.11. The van der Waals surface area contributed by atoms with Gasteiger partial charge in [0.2, 0.25) is 0 Å². The summed E-state index contributed by atoms with van der Waals surface area (Å²) in [5.74, 6) is -0.297. The standard InChI is InChI=1S/C8H13ClO3/c1-5(10)12-8-6(9)3-4-7(8)11-2/h6-8H,3-4H2,1-2H3. The Bertz CT molecular complexity index is 172. The van der Waals surface area contributed by atoms with E-state index < -0.39 is 0 Å². The maximum absolute atomic E-state index is 10.7. The van der Waals surface area contributed by atoms with Gasteiger partial charge in [-0.3, -0.25) is 4.79 Å². The first-order chi connectivity index (χ1) is 5.65. The van der Waals surface area contributed by atoms with Crippen molar-refractivity contribution in [1.29, 1.82) is 0 Å². The number of halogens is 1. The van der Waals surface area contributed by atoms with Crippen LogP contribution in [0.2, 0.25) is 0 Å². The number of methoxy groups -OCH3 is 1. The second-order valence-electron chi connectivity index (χ2n) is 2.94. The van der Waals surface area contributed by atoms with Crippen molar-refractivity contribution >= 4 is 17.6 Å². The molecule has 1 saturated carbocycles. The molecule has 70 valence electrons. The summed E-state index contributed by atoms with van der Waals surface area (Å²) >= 11 is 5.94. The largest absolute Gasteiger partial charge is 0.458 e. The monoisotopic (exact) mass is 192 g/mol. The predicted molar refractivity (Wildman–Crippen MR) is 45.2 cm³/mol. The quantitative estimate of drug-likeness (QED) is 0.489. The molecule has 4 heteroatoms. The minimum Gasteiger partial charge on any atom is -0.458 e. The lowest BCUT2D eigenvalue weighted by atomic mass is 10.2. The first-order valence-electron chi connectivity index (χ1n) is 3.99. The number of esters is 1. The maximum Gasteiger partial charge on any atom is 0.303 e. The van der Waals surface area contributed by atoms with Gasteiger partial charge >= 0.3 is 5.97 Å². The van der Waals surface area contributed by atoms with E-state index in [9.17, 15) is 4.79 Å². The Kier molecular flexibility index (Phi) is 3.35. The normalized spacial score (nSPS) is 35.1. The van der Waals surface area contributed by atoms with Crippen molar-refractivity contribution in [2.75, 3.05) is 7.11 Å². The maximum atomic E-state index is 10.7. The zero-order valence-corrected chi connectivity index (χ0v) is 8.00. The van der Waals surface area contributed by atoms with E-state index in [1.807, 2.05) is 0 Å². The van der Waals surface area contributed by atoms with Gasteiger partial charge in [-0.15, -0.1) is 11.6 Å². The van der Waals surface area contributed by atoms with Gasteiger partial charge in [0.1, 0.15) is 6.10 Å². The molecule has 0 aromatic carbocycles. The third-order valence-corrected chi connectivity index (χ3v) is 2.52. The van der Waals surface area contributed by atoms with Gasteiger partial charge in [0.15, 0.2) is 0 Å². The van der Waals surface area contributed by atoms with Crippen LogP contribution >= 0.6 is 11.6 Å². The molecule has 1 fully saturated rings. The molecule has 0 aromatic heterocycles. The molecule has 3 atom stereocenters. The van der Waals surface area contributed by atoms with Crippen LogP contribution in [0.25, 0.3) is 0 Å². The van der Waals surface area contributed by atoms with Crippen LogP contribution in [0.1, 0.15) is 19.8 Å². The summed E-state index contributed by atoms with van der Waals surface area (Å²) < 4.78 is 10.2. The Balaban J connectivity index is 2.51. The Morgan fingerprint density at radius 2 is 2.17 bits per heavy atom. The minimum atomic E-state index is -0.297. The van der Waals surface area contributed by atoms with Gasteiger partial charge in [-0.25, -0.2) is 0 Å². The summed E-state index contributed by atoms with van der Waals surface area (Å²) in [6, 6.07) is 0. The van der Waals surface area contributed by atoms with Crippen LogP contribution in [0.4, 0.5) is 0 Å². The number of alkyl halides is 1. The molecule has 3 unspecified atom stereocenters. The van der Waals surface area contributed by atoms with Crippen molar-refractivity contribution in [1.82, 2.24) is 0 Å². The van der Waals surface area contributed by atoms with E-state index in [0.29, 0.717) is 0 Å². The molecule has 1 rings (SSSR count). The van der Waals surface area contributed by atoms with E-state index in [1.165, 1.54) is 6.92 Å². The highest BCUT2D eigenvalue weighted by Crippen LogP contribution is 2.29. The van der Waals surface area contributed by atoms with E-state index in [2.05, 4.69) is 0 Å². The first-order valence-corrected chi connectivity index (χ1v) is 4.43. The summed E-state index contributed by atoms with van der Waals surface area (Å²) in [6.45, 7) is 1.38. The average Bonchev–Trinajstić information content (AvgIpc) is 2.32. The number of rotatable bonds is 2. The molecule has 0 saturated heterocycles. The van der Waals surface area contributed by atoms with E-state index in [-0.39, 0.29) is 23.6 Å². The molecule has 12 heavy (non-hydrogen) atoms. The van der Waals surface area contributed by atoms with Crippen LogP contribution < -0.4 is 0 Å². The van der Waals surface area contributed by atoms with Crippen molar-refractivity contribution in [3.63, 3.8) is 0 Å². The summed E-state index contributed by atoms with van der Waals surface area (Å²) in [6.07, 6.45) is 1.41. The van der Waals surface area contributed by atoms with Crippen molar-refractivity contribution in [3.8, 4) is 0 Å². The predicted octanol–water partition coefficient (Wildman–Crippen LogP) is 1.33. The van der Waals surface area contributed by atoms with E-state index in [0.717, 1.165) is 12.8 Å². The Morgan fingerprint density at radius 3 is 2.67 bits per heavy atom. The number of hydrogen-bond acceptors (Lipinski definition) is 3. The zero-order valence-electron chi connectivity index (χ0n) is 7.25. The van der Waals surface area contributed by atoms with E-state index >= 15 is 0 Å². The lowest BCUT2D eigenvalue weighted by Crippen LogP contribution is -2.32. The molecular formula is C8H13ClO3. The van der Waals surface area contributed by atoms with E-state index in [1.54, 1.807) is 7.11 Å². The molecular weight excluding hydrogens is 180 g/mol. The molecule has 0 heterocycles. The molecule has 1 aliphatic carbocycles. The van der Waals surface area contributed by atoms with Crippen LogP contribution in [0.15, 0.2) is 0 Å². The van der Waals surface area contributed by atoms with Gasteiger partial charge in [0.25, 0.3) is 0 Å². The van der Waals surface area contributed by atoms with Crippen LogP contribution in [-0.4, -0.2) is 30.7 Å². The van der Waals surface area contributed by atoms with Gasteiger partial charge in [-0.1, -0.05) is 0 Å². The number of carbonyl (C=O) groups is 1. The highest BCUT2D eigenvalue weighted by atomic mass is 35.5. The average molecular weight is 193 g/mol. The molecule has 0 N–H and O–H groups in total. The molecule has 0 amide bonds. The Hall–Kier alpha value is -0.280. The van der Waals surface area contributed by atoms with Gasteiger partial charge in [-0.05, 0) is 12.8 Å². The zero-order chi connectivity index (χ0) is 9.14. The molecule has 0 aliphatic heterocycles. The molecule has 0 bridgehead atoms. The number of ether oxygens (including phenoxy) is 2. The van der Waals surface area contributed by atoms with Gasteiger partial charge in [0, 0.05) is 14.0 Å². The van der Waals surface area contributed by atoms with Crippen molar-refractivity contribution < 1.29 is 14.3 Å². The SMILES string of the molecule is COC1CCC(Cl)C1OC(C)=O. The van der Waals surface area contributed by atoms with Crippen molar-refractivity contribution in [2.24, 2.45) is 0 Å². The topological polar surface area (TPSA) is 35.5 Å². The second kappa shape index (κ2) is 4.10. The second-order valence-corrected chi connectivity index (χ2v) is 3.50. The fourth-order valence-corrected chi connectivity index (χ4v) is 1.82. The molecule has 0 radical (unpaired) electrons. The Labute approximate surface area is 77.0 Å². The fraction of sp³-hybridized carbons (Fsp3) is 0.875. The highest BCUT2D eigenvalue weighted by molar-refractivity contribution is 6.21. The van der Waals surface area contributed by atoms with Crippen LogP contribution in [0.3, 0.4) is 0 Å². The summed E-state index contributed by atoms with van der Waals surface area (Å²) in [5, 5.41) is -0.0983. The number of carbonyl (C=O) groups excluding carboxylic acids is 1. The summed E-state index contributed by atoms with van der Waals surface area (Å²) in [4.78, 5) is 10.7. The summed E-state index contributed by atoms with van der Waals surface area (Å²) in [5.41, 5.74) is 0. The first kappa shape index (κ1) is 9.81. The third-order valence-electron chi connectivity index (χ3n) is 2.05. The van der Waals surface area contributed by atoms with Gasteiger partial charge in [-0.2, -0.15) is 0 Å².